The van der Waals surface area contributed by atoms with Crippen LogP contribution in [0, 0.1) is 0 Å². The smallest absolute Gasteiger partial charge is 0.260 e. The molecule has 0 atom stereocenters. The van der Waals surface area contributed by atoms with Gasteiger partial charge in [-0.2, -0.15) is 10.2 Å². The number of pyridine rings is 1. The first-order chi connectivity index (χ1) is 12.7. The maximum Gasteiger partial charge on any atom is 0.260 e. The van der Waals surface area contributed by atoms with Crippen LogP contribution >= 0.6 is 0 Å². The molecule has 128 valence electrons. The van der Waals surface area contributed by atoms with Crippen LogP contribution in [0.3, 0.4) is 0 Å². The fourth-order valence-corrected chi connectivity index (χ4v) is 2.63. The first-order valence-electron chi connectivity index (χ1n) is 8.07. The summed E-state index contributed by atoms with van der Waals surface area (Å²) >= 11 is 0. The Balaban J connectivity index is 1.76. The zero-order chi connectivity index (χ0) is 17.9. The van der Waals surface area contributed by atoms with E-state index in [1.807, 2.05) is 42.5 Å². The molecule has 0 spiro atoms. The van der Waals surface area contributed by atoms with Crippen molar-refractivity contribution < 1.29 is 4.79 Å². The lowest BCUT2D eigenvalue weighted by molar-refractivity contribution is 0.102. The summed E-state index contributed by atoms with van der Waals surface area (Å²) in [5.74, 6) is 0.215. The van der Waals surface area contributed by atoms with E-state index in [2.05, 4.69) is 20.5 Å². The van der Waals surface area contributed by atoms with Crippen LogP contribution in [0.4, 0.5) is 5.82 Å². The van der Waals surface area contributed by atoms with E-state index in [-0.39, 0.29) is 5.91 Å². The standard InChI is InChI=1S/C19H16N6O/c1-24-11-9-17(22-24)21-19(26)16-13-25(15-7-3-2-4-8-15)23-18(16)14-6-5-10-20-12-14/h2-13H,1H3,(H,21,22,26). The van der Waals surface area contributed by atoms with Gasteiger partial charge in [-0.3, -0.25) is 14.5 Å². The number of benzene rings is 1. The number of amides is 1. The molecule has 7 heteroatoms. The summed E-state index contributed by atoms with van der Waals surface area (Å²) in [6.07, 6.45) is 6.86. The van der Waals surface area contributed by atoms with E-state index in [4.69, 9.17) is 0 Å². The molecule has 0 fully saturated rings. The van der Waals surface area contributed by atoms with Gasteiger partial charge in [0, 0.05) is 43.5 Å². The van der Waals surface area contributed by atoms with E-state index in [9.17, 15) is 4.79 Å². The third-order valence-corrected chi connectivity index (χ3v) is 3.87. The van der Waals surface area contributed by atoms with E-state index < -0.39 is 0 Å². The summed E-state index contributed by atoms with van der Waals surface area (Å²) < 4.78 is 3.32. The molecule has 0 radical (unpaired) electrons. The average Bonchev–Trinajstić information content (AvgIpc) is 3.30. The van der Waals surface area contributed by atoms with Gasteiger partial charge in [-0.15, -0.1) is 0 Å². The fourth-order valence-electron chi connectivity index (χ4n) is 2.63. The second-order valence-corrected chi connectivity index (χ2v) is 5.74. The van der Waals surface area contributed by atoms with Crippen LogP contribution in [-0.2, 0) is 7.05 Å². The van der Waals surface area contributed by atoms with E-state index >= 15 is 0 Å². The molecule has 1 N–H and O–H groups in total. The zero-order valence-corrected chi connectivity index (χ0v) is 14.1. The summed E-state index contributed by atoms with van der Waals surface area (Å²) in [7, 11) is 1.80. The van der Waals surface area contributed by atoms with Crippen LogP contribution < -0.4 is 5.32 Å². The minimum absolute atomic E-state index is 0.273. The predicted molar refractivity (Wildman–Crippen MR) is 98.0 cm³/mol. The van der Waals surface area contributed by atoms with Gasteiger partial charge < -0.3 is 5.32 Å². The number of carbonyl (C=O) groups excluding carboxylic acids is 1. The SMILES string of the molecule is Cn1ccc(NC(=O)c2cn(-c3ccccc3)nc2-c2cccnc2)n1. The third kappa shape index (κ3) is 3.10. The molecule has 7 nitrogen and oxygen atoms in total. The summed E-state index contributed by atoms with van der Waals surface area (Å²) in [5.41, 5.74) is 2.66. The van der Waals surface area contributed by atoms with Crippen molar-refractivity contribution in [3.8, 4) is 16.9 Å². The van der Waals surface area contributed by atoms with Gasteiger partial charge in [0.1, 0.15) is 5.69 Å². The van der Waals surface area contributed by atoms with Gasteiger partial charge in [0.25, 0.3) is 5.91 Å². The molecule has 0 saturated heterocycles. The molecule has 4 rings (SSSR count). The number of hydrogen-bond acceptors (Lipinski definition) is 4. The normalized spacial score (nSPS) is 10.7. The van der Waals surface area contributed by atoms with Gasteiger partial charge in [-0.05, 0) is 24.3 Å². The number of nitrogens with zero attached hydrogens (tertiary/aromatic N) is 5. The molecule has 0 aliphatic rings. The molecule has 26 heavy (non-hydrogen) atoms. The molecule has 3 heterocycles. The van der Waals surface area contributed by atoms with Gasteiger partial charge in [-0.1, -0.05) is 18.2 Å². The number of anilines is 1. The Labute approximate surface area is 149 Å². The van der Waals surface area contributed by atoms with Crippen molar-refractivity contribution in [1.29, 1.82) is 0 Å². The molecule has 0 aliphatic carbocycles. The number of aromatic nitrogens is 5. The summed E-state index contributed by atoms with van der Waals surface area (Å²) in [5, 5.41) is 11.6. The topological polar surface area (TPSA) is 77.6 Å². The Morgan fingerprint density at radius 3 is 2.58 bits per heavy atom. The number of nitrogens with one attached hydrogen (secondary N) is 1. The first kappa shape index (κ1) is 15.8. The van der Waals surface area contributed by atoms with Crippen LogP contribution in [0.5, 0.6) is 0 Å². The van der Waals surface area contributed by atoms with Gasteiger partial charge in [0.05, 0.1) is 11.3 Å². The minimum Gasteiger partial charge on any atom is -0.305 e. The van der Waals surface area contributed by atoms with E-state index in [1.165, 1.54) is 0 Å². The monoisotopic (exact) mass is 344 g/mol. The molecule has 0 aliphatic heterocycles. The molecule has 1 aromatic carbocycles. The number of para-hydroxylation sites is 1. The Morgan fingerprint density at radius 1 is 1.04 bits per heavy atom. The van der Waals surface area contributed by atoms with Crippen LogP contribution in [-0.4, -0.2) is 30.5 Å². The molecule has 4 aromatic rings. The van der Waals surface area contributed by atoms with E-state index in [1.54, 1.807) is 47.3 Å². The number of carbonyl (C=O) groups is 1. The second kappa shape index (κ2) is 6.64. The van der Waals surface area contributed by atoms with E-state index in [0.717, 1.165) is 11.3 Å². The van der Waals surface area contributed by atoms with Crippen molar-refractivity contribution in [2.24, 2.45) is 7.05 Å². The Kier molecular flexibility index (Phi) is 4.03. The molecular formula is C19H16N6O. The quantitative estimate of drug-likeness (QED) is 0.617. The van der Waals surface area contributed by atoms with Crippen molar-refractivity contribution in [3.05, 3.63) is 78.9 Å². The summed E-state index contributed by atoms with van der Waals surface area (Å²) in [6, 6.07) is 15.1. The highest BCUT2D eigenvalue weighted by Gasteiger charge is 2.19. The van der Waals surface area contributed by atoms with E-state index in [0.29, 0.717) is 17.1 Å². The Bertz CT molecular complexity index is 1040. The maximum absolute atomic E-state index is 12.8. The number of hydrogen-bond donors (Lipinski definition) is 1. The third-order valence-electron chi connectivity index (χ3n) is 3.87. The summed E-state index contributed by atoms with van der Waals surface area (Å²) in [4.78, 5) is 17.0. The molecule has 3 aromatic heterocycles. The molecule has 1 amide bonds. The van der Waals surface area contributed by atoms with Gasteiger partial charge in [0.2, 0.25) is 0 Å². The Hall–Kier alpha value is -3.74. The average molecular weight is 344 g/mol. The highest BCUT2D eigenvalue weighted by atomic mass is 16.1. The molecule has 0 saturated carbocycles. The van der Waals surface area contributed by atoms with Crippen molar-refractivity contribution in [1.82, 2.24) is 24.5 Å². The van der Waals surface area contributed by atoms with Crippen LogP contribution in [0.2, 0.25) is 0 Å². The molecular weight excluding hydrogens is 328 g/mol. The lowest BCUT2D eigenvalue weighted by Crippen LogP contribution is -2.13. The van der Waals surface area contributed by atoms with Crippen molar-refractivity contribution >= 4 is 11.7 Å². The first-order valence-corrected chi connectivity index (χ1v) is 8.07. The highest BCUT2D eigenvalue weighted by molar-refractivity contribution is 6.07. The second-order valence-electron chi connectivity index (χ2n) is 5.74. The molecule has 0 bridgehead atoms. The van der Waals surface area contributed by atoms with Crippen LogP contribution in [0.1, 0.15) is 10.4 Å². The zero-order valence-electron chi connectivity index (χ0n) is 14.1. The molecule has 0 unspecified atom stereocenters. The Morgan fingerprint density at radius 2 is 1.88 bits per heavy atom. The lowest BCUT2D eigenvalue weighted by atomic mass is 10.1. The van der Waals surface area contributed by atoms with Crippen molar-refractivity contribution in [2.45, 2.75) is 0 Å². The minimum atomic E-state index is -0.273. The lowest BCUT2D eigenvalue weighted by Gasteiger charge is -2.02. The van der Waals surface area contributed by atoms with Gasteiger partial charge in [-0.25, -0.2) is 4.68 Å². The van der Waals surface area contributed by atoms with Gasteiger partial charge >= 0.3 is 0 Å². The van der Waals surface area contributed by atoms with Crippen molar-refractivity contribution in [2.75, 3.05) is 5.32 Å². The van der Waals surface area contributed by atoms with Gasteiger partial charge in [0.15, 0.2) is 5.82 Å². The number of rotatable bonds is 4. The largest absolute Gasteiger partial charge is 0.305 e. The number of aryl methyl sites for hydroxylation is 1. The van der Waals surface area contributed by atoms with Crippen molar-refractivity contribution in [3.63, 3.8) is 0 Å². The summed E-state index contributed by atoms with van der Waals surface area (Å²) in [6.45, 7) is 0. The predicted octanol–water partition coefficient (Wildman–Crippen LogP) is 2.92. The van der Waals surface area contributed by atoms with Crippen LogP contribution in [0.15, 0.2) is 73.3 Å². The fraction of sp³-hybridized carbons (Fsp3) is 0.0526. The highest BCUT2D eigenvalue weighted by Crippen LogP contribution is 2.23. The maximum atomic E-state index is 12.8. The van der Waals surface area contributed by atoms with Crippen LogP contribution in [0.25, 0.3) is 16.9 Å².